The number of nitrogens with one attached hydrogen (secondary N) is 6. The Morgan fingerprint density at radius 1 is 0.643 bits per heavy atom. The number of piperidine rings is 1. The zero-order valence-corrected chi connectivity index (χ0v) is 39.5. The average Bonchev–Trinajstić information content (AvgIpc) is 4.25. The molecule has 350 valence electrons. The number of rotatable bonds is 14. The first-order valence-corrected chi connectivity index (χ1v) is 23.9. The van der Waals surface area contributed by atoms with Gasteiger partial charge in [0.2, 0.25) is 0 Å². The van der Waals surface area contributed by atoms with Crippen LogP contribution >= 0.6 is 0 Å². The van der Waals surface area contributed by atoms with Crippen molar-refractivity contribution >= 4 is 49.8 Å². The minimum atomic E-state index is 0.611. The Balaban J connectivity index is 0.786. The first-order chi connectivity index (χ1) is 34.4. The fourth-order valence-corrected chi connectivity index (χ4v) is 9.71. The molecule has 0 amide bonds. The molecule has 19 heteroatoms. The number of hydrogen-bond acceptors (Lipinski definition) is 13. The van der Waals surface area contributed by atoms with E-state index >= 15 is 0 Å². The number of fused-ring (bicyclic) bond motifs is 4. The third kappa shape index (κ3) is 7.87. The predicted molar refractivity (Wildman–Crippen MR) is 269 cm³/mol. The molecule has 11 aromatic heterocycles. The molecule has 1 fully saturated rings. The lowest BCUT2D eigenvalue weighted by Gasteiger charge is -2.28. The van der Waals surface area contributed by atoms with Crippen molar-refractivity contribution in [2.45, 2.75) is 66.6 Å². The van der Waals surface area contributed by atoms with Crippen LogP contribution in [0, 0.1) is 20.8 Å². The van der Waals surface area contributed by atoms with Crippen molar-refractivity contribution in [2.24, 2.45) is 0 Å². The van der Waals surface area contributed by atoms with Crippen LogP contribution in [-0.2, 0) is 19.6 Å². The largest absolute Gasteiger partial charge is 0.368 e. The normalized spacial score (nSPS) is 13.2. The highest BCUT2D eigenvalue weighted by Gasteiger charge is 2.23. The summed E-state index contributed by atoms with van der Waals surface area (Å²) in [7, 11) is 0. The van der Waals surface area contributed by atoms with Crippen molar-refractivity contribution in [1.29, 1.82) is 0 Å². The average molecular weight is 931 g/mol. The highest BCUT2D eigenvalue weighted by molar-refractivity contribution is 5.97. The van der Waals surface area contributed by atoms with E-state index in [2.05, 4.69) is 116 Å². The molecule has 0 bridgehead atoms. The van der Waals surface area contributed by atoms with Gasteiger partial charge < -0.3 is 25.5 Å². The minimum Gasteiger partial charge on any atom is -0.368 e. The second-order valence-electron chi connectivity index (χ2n) is 18.1. The summed E-state index contributed by atoms with van der Waals surface area (Å²) >= 11 is 0. The number of aromatic amines is 4. The van der Waals surface area contributed by atoms with Crippen molar-refractivity contribution in [3.63, 3.8) is 0 Å². The molecule has 0 unspecified atom stereocenters. The van der Waals surface area contributed by atoms with Gasteiger partial charge in [-0.25, -0.2) is 24.9 Å². The molecule has 1 saturated heterocycles. The zero-order chi connectivity index (χ0) is 47.3. The van der Waals surface area contributed by atoms with E-state index in [1.165, 1.54) is 24.8 Å². The lowest BCUT2D eigenvalue weighted by molar-refractivity contribution is -0.693. The van der Waals surface area contributed by atoms with Crippen LogP contribution in [-0.4, -0.2) is 101 Å². The van der Waals surface area contributed by atoms with E-state index in [4.69, 9.17) is 19.9 Å². The minimum absolute atomic E-state index is 0.611. The maximum absolute atomic E-state index is 5.16. The molecule has 12 heterocycles. The van der Waals surface area contributed by atoms with Crippen molar-refractivity contribution in [3.8, 4) is 51.0 Å². The lowest BCUT2D eigenvalue weighted by atomic mass is 9.99. The van der Waals surface area contributed by atoms with E-state index in [-0.39, 0.29) is 0 Å². The van der Waals surface area contributed by atoms with Gasteiger partial charge in [0.05, 0.1) is 52.9 Å². The summed E-state index contributed by atoms with van der Waals surface area (Å²) in [4.78, 5) is 47.6. The molecule has 0 spiro atoms. The summed E-state index contributed by atoms with van der Waals surface area (Å²) in [5.41, 5.74) is 17.7. The Hall–Kier alpha value is -8.29. The zero-order valence-electron chi connectivity index (χ0n) is 39.5. The monoisotopic (exact) mass is 930 g/mol. The number of H-pyrrole nitrogens is 4. The molecular weight excluding hydrogens is 879 g/mol. The maximum atomic E-state index is 5.16. The molecule has 0 aliphatic carbocycles. The van der Waals surface area contributed by atoms with Crippen molar-refractivity contribution in [3.05, 3.63) is 115 Å². The lowest BCUT2D eigenvalue weighted by Crippen LogP contribution is -2.39. The highest BCUT2D eigenvalue weighted by Crippen LogP contribution is 2.35. The number of hydrogen-bond donors (Lipinski definition) is 6. The van der Waals surface area contributed by atoms with E-state index in [1.807, 2.05) is 73.6 Å². The van der Waals surface area contributed by atoms with Crippen molar-refractivity contribution in [2.75, 3.05) is 31.1 Å². The third-order valence-electron chi connectivity index (χ3n) is 13.6. The van der Waals surface area contributed by atoms with Gasteiger partial charge >= 0.3 is 0 Å². The Labute approximate surface area is 401 Å². The molecule has 6 N–H and O–H groups in total. The second-order valence-corrected chi connectivity index (χ2v) is 18.1. The van der Waals surface area contributed by atoms with Gasteiger partial charge in [-0.2, -0.15) is 14.8 Å². The maximum Gasteiger partial charge on any atom is 0.195 e. The molecule has 1 aliphatic heterocycles. The first-order valence-electron chi connectivity index (χ1n) is 23.9. The quantitative estimate of drug-likeness (QED) is 0.0472. The standard InChI is InChI=1S/C51H51N19/c1-5-52-15-34-17-54-21-38(30(34)3)32-14-37-45(65-67-49(37)58-19-32)51-61-41-26-68(27-43(47(41)63-51)70-25-29(2)59-28-70)12-9-53-16-35-18-55-22-39(31(35)4)33-13-36-44(64-66-48(36)57-20-33)50-60-40-23-56-24-42(46(40)62-50)69-10-7-6-8-11-69/h13-14,17-28,52-53H,5-12,15-16H2,1-4H3,(H3,56,57,58,60,61,62,64,65,66,67)/p+1. The first kappa shape index (κ1) is 43.0. The van der Waals surface area contributed by atoms with Crippen LogP contribution in [0.2, 0.25) is 0 Å². The topological polar surface area (TPSA) is 228 Å². The smallest absolute Gasteiger partial charge is 0.195 e. The van der Waals surface area contributed by atoms with Gasteiger partial charge in [-0.05, 0) is 81.0 Å². The molecule has 19 nitrogen and oxygen atoms in total. The molecular formula is C51H52N19+. The summed E-state index contributed by atoms with van der Waals surface area (Å²) in [5, 5.41) is 24.4. The van der Waals surface area contributed by atoms with Gasteiger partial charge in [0.1, 0.15) is 33.6 Å². The van der Waals surface area contributed by atoms with Gasteiger partial charge in [-0.3, -0.25) is 29.7 Å². The Bertz CT molecular complexity index is 3720. The number of anilines is 1. The third-order valence-corrected chi connectivity index (χ3v) is 13.6. The van der Waals surface area contributed by atoms with E-state index in [0.29, 0.717) is 42.6 Å². The van der Waals surface area contributed by atoms with Crippen molar-refractivity contribution < 1.29 is 4.57 Å². The predicted octanol–water partition coefficient (Wildman–Crippen LogP) is 7.12. The number of nitrogens with zero attached hydrogens (tertiary/aromatic N) is 13. The van der Waals surface area contributed by atoms with Crippen LogP contribution < -0.4 is 20.1 Å². The van der Waals surface area contributed by atoms with E-state index in [1.54, 1.807) is 0 Å². The molecule has 12 rings (SSSR count). The Kier molecular flexibility index (Phi) is 11.1. The van der Waals surface area contributed by atoms with Gasteiger partial charge in [-0.15, -0.1) is 0 Å². The van der Waals surface area contributed by atoms with Gasteiger partial charge in [0, 0.05) is 91.8 Å². The van der Waals surface area contributed by atoms with E-state index < -0.39 is 0 Å². The molecule has 1 aliphatic rings. The van der Waals surface area contributed by atoms with Crippen LogP contribution in [0.3, 0.4) is 0 Å². The molecule has 0 saturated carbocycles. The van der Waals surface area contributed by atoms with Crippen LogP contribution in [0.4, 0.5) is 5.69 Å². The molecule has 0 aromatic carbocycles. The van der Waals surface area contributed by atoms with Gasteiger partial charge in [0.15, 0.2) is 41.9 Å². The molecule has 11 aromatic rings. The van der Waals surface area contributed by atoms with E-state index in [9.17, 15) is 0 Å². The number of pyridine rings is 6. The van der Waals surface area contributed by atoms with Gasteiger partial charge in [0.25, 0.3) is 0 Å². The number of imidazole rings is 3. The SMILES string of the molecule is CCNCc1cncc(-c2cnc3n[nH]c(-c4nc5c(-n6cnc(C)c6)c[n+](CCNCc6cncc(-c7cnc8n[nH]c(-c9nc%10c(N%11CCCCC%11)cncc%10[nH]9)c8c7)c6C)cc5[nH]4)c3c2)c1C. The molecule has 70 heavy (non-hydrogen) atoms. The van der Waals surface area contributed by atoms with Crippen LogP contribution in [0.1, 0.15) is 54.1 Å². The van der Waals surface area contributed by atoms with Gasteiger partial charge in [-0.1, -0.05) is 6.92 Å². The number of aromatic nitrogens is 16. The summed E-state index contributed by atoms with van der Waals surface area (Å²) < 4.78 is 4.20. The van der Waals surface area contributed by atoms with Crippen LogP contribution in [0.15, 0.2) is 86.6 Å². The molecule has 0 atom stereocenters. The summed E-state index contributed by atoms with van der Waals surface area (Å²) in [6.45, 7) is 14.1. The second kappa shape index (κ2) is 18.0. The highest BCUT2D eigenvalue weighted by atomic mass is 15.2. The summed E-state index contributed by atoms with van der Waals surface area (Å²) in [6, 6.07) is 4.24. The molecule has 0 radical (unpaired) electrons. The van der Waals surface area contributed by atoms with Crippen LogP contribution in [0.5, 0.6) is 0 Å². The Morgan fingerprint density at radius 2 is 1.26 bits per heavy atom. The number of aryl methyl sites for hydroxylation is 1. The Morgan fingerprint density at radius 3 is 1.89 bits per heavy atom. The van der Waals surface area contributed by atoms with Crippen molar-refractivity contribution in [1.82, 2.24) is 85.4 Å². The summed E-state index contributed by atoms with van der Waals surface area (Å²) in [6.07, 6.45) is 26.8. The fourth-order valence-electron chi connectivity index (χ4n) is 9.71. The van der Waals surface area contributed by atoms with E-state index in [0.717, 1.165) is 126 Å². The summed E-state index contributed by atoms with van der Waals surface area (Å²) in [5.74, 6) is 1.37. The van der Waals surface area contributed by atoms with Crippen LogP contribution in [0.25, 0.3) is 95.1 Å². The fraction of sp³-hybridized carbons (Fsp3) is 0.275.